The second-order valence-electron chi connectivity index (χ2n) is 8.51. The van der Waals surface area contributed by atoms with Gasteiger partial charge in [0.1, 0.15) is 0 Å². The van der Waals surface area contributed by atoms with Crippen LogP contribution in [0.15, 0.2) is 66.7 Å². The third kappa shape index (κ3) is 6.97. The summed E-state index contributed by atoms with van der Waals surface area (Å²) in [5, 5.41) is 3.01. The highest BCUT2D eigenvalue weighted by Crippen LogP contribution is 2.30. The van der Waals surface area contributed by atoms with E-state index in [0.717, 1.165) is 30.7 Å². The molecular formula is C25H32F3N3O2. The molecule has 8 heteroatoms. The number of aromatic nitrogens is 1. The summed E-state index contributed by atoms with van der Waals surface area (Å²) in [5.74, 6) is -0.348. The van der Waals surface area contributed by atoms with E-state index in [1.807, 2.05) is 31.0 Å². The summed E-state index contributed by atoms with van der Waals surface area (Å²) in [6.45, 7) is 10.9. The van der Waals surface area contributed by atoms with Crippen LogP contribution in [0.3, 0.4) is 0 Å². The lowest BCUT2D eigenvalue weighted by Crippen LogP contribution is -2.51. The molecule has 0 spiro atoms. The minimum Gasteiger partial charge on any atom is -0.462 e. The number of alkyl halides is 3. The van der Waals surface area contributed by atoms with Crippen LogP contribution in [-0.2, 0) is 11.0 Å². The highest BCUT2D eigenvalue weighted by Gasteiger charge is 2.34. The minimum atomic E-state index is -4.49. The van der Waals surface area contributed by atoms with Gasteiger partial charge in [-0.15, -0.1) is 0 Å². The topological polar surface area (TPSA) is 54.5 Å². The Morgan fingerprint density at radius 2 is 2.06 bits per heavy atom. The van der Waals surface area contributed by atoms with Crippen LogP contribution >= 0.6 is 0 Å². The number of nitrogens with one attached hydrogen (secondary N) is 1. The van der Waals surface area contributed by atoms with Gasteiger partial charge in [0, 0.05) is 37.0 Å². The molecule has 1 amide bonds. The molecule has 1 aromatic rings. The third-order valence-electron chi connectivity index (χ3n) is 5.62. The van der Waals surface area contributed by atoms with Crippen LogP contribution in [-0.4, -0.2) is 34.5 Å². The lowest BCUT2D eigenvalue weighted by molar-refractivity contribution is -0.138. The molecule has 0 saturated heterocycles. The molecule has 2 rings (SSSR count). The molecule has 1 N–H and O–H groups in total. The maximum absolute atomic E-state index is 13.0. The van der Waals surface area contributed by atoms with Gasteiger partial charge < -0.3 is 15.0 Å². The summed E-state index contributed by atoms with van der Waals surface area (Å²) in [6, 6.07) is 1.80. The second kappa shape index (κ2) is 10.7. The van der Waals surface area contributed by atoms with E-state index in [2.05, 4.69) is 36.0 Å². The van der Waals surface area contributed by atoms with Crippen molar-refractivity contribution in [1.29, 1.82) is 0 Å². The number of amides is 1. The van der Waals surface area contributed by atoms with Crippen LogP contribution in [0.2, 0.25) is 0 Å². The first-order valence-electron chi connectivity index (χ1n) is 10.8. The number of pyridine rings is 1. The van der Waals surface area contributed by atoms with Crippen molar-refractivity contribution < 1.29 is 22.7 Å². The molecule has 5 nitrogen and oxygen atoms in total. The number of likely N-dealkylation sites (N-methyl/N-ethyl adjacent to an activating group) is 1. The van der Waals surface area contributed by atoms with Crippen molar-refractivity contribution in [3.63, 3.8) is 0 Å². The van der Waals surface area contributed by atoms with Crippen LogP contribution < -0.4 is 10.1 Å². The summed E-state index contributed by atoms with van der Waals surface area (Å²) in [7, 11) is 1.92. The number of halogens is 3. The number of carbonyl (C=O) groups is 1. The van der Waals surface area contributed by atoms with Crippen LogP contribution in [0.5, 0.6) is 5.88 Å². The Labute approximate surface area is 193 Å². The molecule has 180 valence electrons. The Morgan fingerprint density at radius 3 is 2.61 bits per heavy atom. The summed E-state index contributed by atoms with van der Waals surface area (Å²) >= 11 is 0. The summed E-state index contributed by atoms with van der Waals surface area (Å²) < 4.78 is 43.9. The fourth-order valence-corrected chi connectivity index (χ4v) is 3.59. The fraction of sp³-hybridized carbons (Fsp3) is 0.440. The minimum absolute atomic E-state index is 0.0540. The predicted molar refractivity (Wildman–Crippen MR) is 123 cm³/mol. The van der Waals surface area contributed by atoms with Gasteiger partial charge in [-0.1, -0.05) is 31.2 Å². The summed E-state index contributed by atoms with van der Waals surface area (Å²) in [4.78, 5) is 18.6. The smallest absolute Gasteiger partial charge is 0.417 e. The van der Waals surface area contributed by atoms with Gasteiger partial charge in [0.15, 0.2) is 5.60 Å². The molecule has 1 aromatic heterocycles. The zero-order valence-electron chi connectivity index (χ0n) is 19.7. The van der Waals surface area contributed by atoms with Crippen molar-refractivity contribution >= 4 is 5.91 Å². The van der Waals surface area contributed by atoms with Gasteiger partial charge in [-0.25, -0.2) is 4.98 Å². The van der Waals surface area contributed by atoms with E-state index in [0.29, 0.717) is 6.20 Å². The van der Waals surface area contributed by atoms with Crippen molar-refractivity contribution in [3.8, 4) is 5.88 Å². The first-order valence-corrected chi connectivity index (χ1v) is 10.8. The van der Waals surface area contributed by atoms with E-state index < -0.39 is 17.3 Å². The molecule has 1 heterocycles. The van der Waals surface area contributed by atoms with Crippen LogP contribution in [0.25, 0.3) is 0 Å². The molecule has 0 bridgehead atoms. The average molecular weight is 464 g/mol. The molecule has 2 unspecified atom stereocenters. The zero-order valence-corrected chi connectivity index (χ0v) is 19.7. The lowest BCUT2D eigenvalue weighted by Gasteiger charge is -2.31. The van der Waals surface area contributed by atoms with E-state index in [4.69, 9.17) is 4.74 Å². The van der Waals surface area contributed by atoms with Crippen molar-refractivity contribution in [2.75, 3.05) is 7.05 Å². The van der Waals surface area contributed by atoms with Gasteiger partial charge in [0.2, 0.25) is 5.88 Å². The molecule has 0 fully saturated rings. The van der Waals surface area contributed by atoms with E-state index in [-0.39, 0.29) is 23.7 Å². The number of allylic oxidation sites excluding steroid dienone is 4. The van der Waals surface area contributed by atoms with Gasteiger partial charge in [-0.3, -0.25) is 4.79 Å². The van der Waals surface area contributed by atoms with E-state index in [9.17, 15) is 18.0 Å². The number of nitrogens with zero attached hydrogens (tertiary/aromatic N) is 2. The largest absolute Gasteiger partial charge is 0.462 e. The van der Waals surface area contributed by atoms with E-state index in [1.165, 1.54) is 5.57 Å². The van der Waals surface area contributed by atoms with Crippen molar-refractivity contribution in [3.05, 3.63) is 72.2 Å². The van der Waals surface area contributed by atoms with Crippen molar-refractivity contribution in [2.45, 2.75) is 58.4 Å². The molecule has 33 heavy (non-hydrogen) atoms. The van der Waals surface area contributed by atoms with Gasteiger partial charge in [-0.2, -0.15) is 13.2 Å². The van der Waals surface area contributed by atoms with Crippen molar-refractivity contribution in [2.24, 2.45) is 5.92 Å². The summed E-state index contributed by atoms with van der Waals surface area (Å²) in [5.41, 5.74) is -0.0202. The second-order valence-corrected chi connectivity index (χ2v) is 8.51. The van der Waals surface area contributed by atoms with E-state index >= 15 is 0 Å². The van der Waals surface area contributed by atoms with Crippen molar-refractivity contribution in [1.82, 2.24) is 15.2 Å². The summed E-state index contributed by atoms with van der Waals surface area (Å²) in [6.07, 6.45) is 7.73. The standard InChI is InChI=1S/C25H32F3N3O2/c1-7-21(18-11-9-10-12-20(15-18)31(6)8-2)17(3)30-23(32)24(4,5)33-22-14-13-19(16-29-22)25(26,27)28/h8-10,12-17,21H,2,7,11H2,1,3-6H3,(H,30,32). The molecule has 1 aliphatic carbocycles. The van der Waals surface area contributed by atoms with Crippen LogP contribution in [0.4, 0.5) is 13.2 Å². The van der Waals surface area contributed by atoms with Gasteiger partial charge >= 0.3 is 6.18 Å². The maximum Gasteiger partial charge on any atom is 0.417 e. The molecule has 2 atom stereocenters. The highest BCUT2D eigenvalue weighted by atomic mass is 19.4. The molecule has 0 saturated carbocycles. The fourth-order valence-electron chi connectivity index (χ4n) is 3.59. The molecule has 0 aliphatic heterocycles. The Kier molecular flexibility index (Phi) is 8.52. The van der Waals surface area contributed by atoms with Gasteiger partial charge in [-0.05, 0) is 58.0 Å². The number of hydrogen-bond donors (Lipinski definition) is 1. The Hall–Kier alpha value is -3.03. The Bertz CT molecular complexity index is 931. The number of carbonyl (C=O) groups excluding carboxylic acids is 1. The molecule has 1 aliphatic rings. The number of ether oxygens (including phenoxy) is 1. The number of hydrogen-bond acceptors (Lipinski definition) is 4. The first kappa shape index (κ1) is 26.2. The van der Waals surface area contributed by atoms with Crippen LogP contribution in [0, 0.1) is 5.92 Å². The Morgan fingerprint density at radius 1 is 1.36 bits per heavy atom. The normalized spacial score (nSPS) is 16.1. The lowest BCUT2D eigenvalue weighted by atomic mass is 9.87. The first-order chi connectivity index (χ1) is 15.4. The molecular weight excluding hydrogens is 431 g/mol. The number of rotatable bonds is 9. The third-order valence-corrected chi connectivity index (χ3v) is 5.62. The Balaban J connectivity index is 2.11. The van der Waals surface area contributed by atoms with Gasteiger partial charge in [0.25, 0.3) is 5.91 Å². The molecule has 0 aromatic carbocycles. The highest BCUT2D eigenvalue weighted by molar-refractivity contribution is 5.85. The quantitative estimate of drug-likeness (QED) is 0.515. The monoisotopic (exact) mass is 463 g/mol. The average Bonchev–Trinajstić information content (AvgIpc) is 2.99. The van der Waals surface area contributed by atoms with Gasteiger partial charge in [0.05, 0.1) is 5.56 Å². The maximum atomic E-state index is 13.0. The predicted octanol–water partition coefficient (Wildman–Crippen LogP) is 5.63. The van der Waals surface area contributed by atoms with E-state index in [1.54, 1.807) is 20.0 Å². The van der Waals surface area contributed by atoms with Crippen LogP contribution in [0.1, 0.15) is 46.1 Å². The zero-order chi connectivity index (χ0) is 24.8. The SMILES string of the molecule is C=CN(C)C1=CC=CCC(C(CC)C(C)NC(=O)C(C)(C)Oc2ccc(C(F)(F)F)cn2)=C1. The molecule has 0 radical (unpaired) electrons.